The highest BCUT2D eigenvalue weighted by molar-refractivity contribution is 5.94. The van der Waals surface area contributed by atoms with Crippen LogP contribution in [0.2, 0.25) is 0 Å². The first-order valence-electron chi connectivity index (χ1n) is 8.90. The van der Waals surface area contributed by atoms with E-state index in [4.69, 9.17) is 0 Å². The highest BCUT2D eigenvalue weighted by Crippen LogP contribution is 2.20. The third-order valence-corrected chi connectivity index (χ3v) is 4.75. The zero-order chi connectivity index (χ0) is 19.2. The van der Waals surface area contributed by atoms with Gasteiger partial charge in [0.15, 0.2) is 0 Å². The molecule has 0 unspecified atom stereocenters. The summed E-state index contributed by atoms with van der Waals surface area (Å²) < 4.78 is 0. The lowest BCUT2D eigenvalue weighted by atomic mass is 10.0. The number of nitrogens with one attached hydrogen (secondary N) is 1. The number of piperidine rings is 1. The number of carbonyl (C=O) groups is 2. The van der Waals surface area contributed by atoms with Gasteiger partial charge in [0.25, 0.3) is 11.6 Å². The molecule has 7 heteroatoms. The van der Waals surface area contributed by atoms with E-state index in [0.717, 1.165) is 0 Å². The van der Waals surface area contributed by atoms with Crippen molar-refractivity contribution in [3.05, 3.63) is 75.8 Å². The van der Waals surface area contributed by atoms with Crippen molar-refractivity contribution in [1.82, 2.24) is 10.2 Å². The quantitative estimate of drug-likeness (QED) is 0.649. The lowest BCUT2D eigenvalue weighted by Gasteiger charge is -2.32. The average Bonchev–Trinajstić information content (AvgIpc) is 2.69. The minimum Gasteiger partial charge on any atom is -0.349 e. The van der Waals surface area contributed by atoms with Gasteiger partial charge in [-0.3, -0.25) is 19.7 Å². The third kappa shape index (κ3) is 4.69. The minimum atomic E-state index is -0.464. The third-order valence-electron chi connectivity index (χ3n) is 4.75. The Bertz CT molecular complexity index is 830. The Morgan fingerprint density at radius 1 is 1.04 bits per heavy atom. The molecule has 1 aliphatic rings. The number of likely N-dealkylation sites (tertiary alicyclic amines) is 1. The molecule has 3 rings (SSSR count). The summed E-state index contributed by atoms with van der Waals surface area (Å²) in [5.41, 5.74) is 1.01. The SMILES string of the molecule is O=C(NC1CCN(C(=O)Cc2ccccc2[N+](=O)[O-])CC1)c1ccccc1. The lowest BCUT2D eigenvalue weighted by Crippen LogP contribution is -2.47. The summed E-state index contributed by atoms with van der Waals surface area (Å²) >= 11 is 0. The molecule has 0 atom stereocenters. The molecule has 1 fully saturated rings. The fraction of sp³-hybridized carbons (Fsp3) is 0.300. The van der Waals surface area contributed by atoms with Crippen LogP contribution in [0.15, 0.2) is 54.6 Å². The highest BCUT2D eigenvalue weighted by Gasteiger charge is 2.25. The van der Waals surface area contributed by atoms with Crippen LogP contribution >= 0.6 is 0 Å². The predicted octanol–water partition coefficient (Wildman–Crippen LogP) is 2.56. The second-order valence-electron chi connectivity index (χ2n) is 6.56. The van der Waals surface area contributed by atoms with Crippen LogP contribution in [0, 0.1) is 10.1 Å². The van der Waals surface area contributed by atoms with E-state index in [0.29, 0.717) is 37.1 Å². The van der Waals surface area contributed by atoms with E-state index in [9.17, 15) is 19.7 Å². The molecule has 0 aromatic heterocycles. The average molecular weight is 367 g/mol. The summed E-state index contributed by atoms with van der Waals surface area (Å²) in [5, 5.41) is 14.1. The standard InChI is InChI=1S/C20H21N3O4/c24-19(14-16-8-4-5-9-18(16)23(26)27)22-12-10-17(11-13-22)21-20(25)15-6-2-1-3-7-15/h1-9,17H,10-14H2,(H,21,25). The van der Waals surface area contributed by atoms with E-state index >= 15 is 0 Å². The van der Waals surface area contributed by atoms with Gasteiger partial charge in [0.1, 0.15) is 0 Å². The number of benzene rings is 2. The first-order valence-corrected chi connectivity index (χ1v) is 8.90. The van der Waals surface area contributed by atoms with Crippen molar-refractivity contribution in [2.45, 2.75) is 25.3 Å². The topological polar surface area (TPSA) is 92.6 Å². The van der Waals surface area contributed by atoms with Crippen molar-refractivity contribution in [3.63, 3.8) is 0 Å². The monoisotopic (exact) mass is 367 g/mol. The lowest BCUT2D eigenvalue weighted by molar-refractivity contribution is -0.385. The zero-order valence-corrected chi connectivity index (χ0v) is 14.8. The van der Waals surface area contributed by atoms with Crippen molar-refractivity contribution < 1.29 is 14.5 Å². The van der Waals surface area contributed by atoms with Gasteiger partial charge in [0.2, 0.25) is 5.91 Å². The number of amides is 2. The number of nitro groups is 1. The molecule has 27 heavy (non-hydrogen) atoms. The van der Waals surface area contributed by atoms with Crippen LogP contribution in [0.1, 0.15) is 28.8 Å². The number of hydrogen-bond acceptors (Lipinski definition) is 4. The molecule has 0 spiro atoms. The van der Waals surface area contributed by atoms with Crippen LogP contribution in [0.3, 0.4) is 0 Å². The Morgan fingerprint density at radius 2 is 1.67 bits per heavy atom. The molecule has 0 radical (unpaired) electrons. The van der Waals surface area contributed by atoms with Gasteiger partial charge in [-0.25, -0.2) is 0 Å². The van der Waals surface area contributed by atoms with Gasteiger partial charge in [-0.15, -0.1) is 0 Å². The molecule has 1 N–H and O–H groups in total. The second kappa shape index (κ2) is 8.44. The van der Waals surface area contributed by atoms with E-state index in [-0.39, 0.29) is 30.0 Å². The van der Waals surface area contributed by atoms with Crippen molar-refractivity contribution >= 4 is 17.5 Å². The Morgan fingerprint density at radius 3 is 2.33 bits per heavy atom. The number of nitrogens with zero attached hydrogens (tertiary/aromatic N) is 2. The largest absolute Gasteiger partial charge is 0.349 e. The van der Waals surface area contributed by atoms with Gasteiger partial charge in [-0.2, -0.15) is 0 Å². The Kier molecular flexibility index (Phi) is 5.80. The smallest absolute Gasteiger partial charge is 0.273 e. The maximum absolute atomic E-state index is 12.5. The number of hydrogen-bond donors (Lipinski definition) is 1. The summed E-state index contributed by atoms with van der Waals surface area (Å²) in [4.78, 5) is 37.1. The minimum absolute atomic E-state index is 0.0121. The molecule has 1 heterocycles. The fourth-order valence-corrected chi connectivity index (χ4v) is 3.24. The van der Waals surface area contributed by atoms with Gasteiger partial charge < -0.3 is 10.2 Å². The van der Waals surface area contributed by atoms with Crippen LogP contribution in [-0.2, 0) is 11.2 Å². The normalized spacial score (nSPS) is 14.6. The molecule has 1 aliphatic heterocycles. The number of carbonyl (C=O) groups excluding carboxylic acids is 2. The molecule has 2 amide bonds. The van der Waals surface area contributed by atoms with Crippen molar-refractivity contribution in [3.8, 4) is 0 Å². The van der Waals surface area contributed by atoms with E-state index in [1.165, 1.54) is 6.07 Å². The zero-order valence-electron chi connectivity index (χ0n) is 14.8. The molecular weight excluding hydrogens is 346 g/mol. The number of nitro benzene ring substituents is 1. The molecular formula is C20H21N3O4. The predicted molar refractivity (Wildman–Crippen MR) is 100 cm³/mol. The first kappa shape index (κ1) is 18.6. The molecule has 1 saturated heterocycles. The maximum atomic E-state index is 12.5. The van der Waals surface area contributed by atoms with Gasteiger partial charge >= 0.3 is 0 Å². The van der Waals surface area contributed by atoms with Crippen LogP contribution in [0.25, 0.3) is 0 Å². The van der Waals surface area contributed by atoms with Gasteiger partial charge in [0.05, 0.1) is 11.3 Å². The molecule has 0 aliphatic carbocycles. The molecule has 140 valence electrons. The number of para-hydroxylation sites is 1. The Labute approximate surface area is 157 Å². The molecule has 0 bridgehead atoms. The van der Waals surface area contributed by atoms with Crippen LogP contribution in [0.4, 0.5) is 5.69 Å². The van der Waals surface area contributed by atoms with Crippen LogP contribution < -0.4 is 5.32 Å². The summed E-state index contributed by atoms with van der Waals surface area (Å²) in [5.74, 6) is -0.238. The van der Waals surface area contributed by atoms with Gasteiger partial charge in [-0.1, -0.05) is 36.4 Å². The van der Waals surface area contributed by atoms with E-state index in [1.807, 2.05) is 18.2 Å². The Balaban J connectivity index is 1.52. The fourth-order valence-electron chi connectivity index (χ4n) is 3.24. The molecule has 2 aromatic carbocycles. The van der Waals surface area contributed by atoms with Crippen molar-refractivity contribution in [2.75, 3.05) is 13.1 Å². The summed E-state index contributed by atoms with van der Waals surface area (Å²) in [6, 6.07) is 15.4. The summed E-state index contributed by atoms with van der Waals surface area (Å²) in [7, 11) is 0. The maximum Gasteiger partial charge on any atom is 0.273 e. The summed E-state index contributed by atoms with van der Waals surface area (Å²) in [6.45, 7) is 1.05. The van der Waals surface area contributed by atoms with E-state index in [1.54, 1.807) is 35.2 Å². The van der Waals surface area contributed by atoms with Crippen LogP contribution in [-0.4, -0.2) is 40.8 Å². The van der Waals surface area contributed by atoms with Crippen LogP contribution in [0.5, 0.6) is 0 Å². The summed E-state index contributed by atoms with van der Waals surface area (Å²) in [6.07, 6.45) is 1.35. The second-order valence-corrected chi connectivity index (χ2v) is 6.56. The molecule has 2 aromatic rings. The van der Waals surface area contributed by atoms with Gasteiger partial charge in [0, 0.05) is 36.3 Å². The van der Waals surface area contributed by atoms with Crippen molar-refractivity contribution in [2.24, 2.45) is 0 Å². The van der Waals surface area contributed by atoms with Gasteiger partial charge in [-0.05, 0) is 25.0 Å². The highest BCUT2D eigenvalue weighted by atomic mass is 16.6. The number of rotatable bonds is 5. The van der Waals surface area contributed by atoms with E-state index in [2.05, 4.69) is 5.32 Å². The van der Waals surface area contributed by atoms with Crippen molar-refractivity contribution in [1.29, 1.82) is 0 Å². The molecule has 0 saturated carbocycles. The Hall–Kier alpha value is -3.22. The molecule has 7 nitrogen and oxygen atoms in total. The first-order chi connectivity index (χ1) is 13.0. The van der Waals surface area contributed by atoms with E-state index < -0.39 is 4.92 Å².